The zero-order valence-corrected chi connectivity index (χ0v) is 11.3. The highest BCUT2D eigenvalue weighted by molar-refractivity contribution is 5.76. The maximum absolute atomic E-state index is 11.7. The fourth-order valence-corrected chi connectivity index (χ4v) is 1.98. The number of hydrogen-bond acceptors (Lipinski definition) is 3. The van der Waals surface area contributed by atoms with Crippen molar-refractivity contribution in [1.82, 2.24) is 10.2 Å². The summed E-state index contributed by atoms with van der Waals surface area (Å²) >= 11 is 0. The molecule has 0 saturated heterocycles. The van der Waals surface area contributed by atoms with Crippen LogP contribution in [-0.2, 0) is 4.79 Å². The van der Waals surface area contributed by atoms with Crippen LogP contribution in [0.1, 0.15) is 41.0 Å². The van der Waals surface area contributed by atoms with E-state index in [1.165, 1.54) is 0 Å². The maximum atomic E-state index is 11.7. The van der Waals surface area contributed by atoms with Gasteiger partial charge in [-0.3, -0.25) is 9.69 Å². The molecule has 16 heavy (non-hydrogen) atoms. The molecule has 4 heteroatoms. The first-order valence-corrected chi connectivity index (χ1v) is 6.17. The van der Waals surface area contributed by atoms with Gasteiger partial charge in [0.2, 0.25) is 5.91 Å². The topological polar surface area (TPSA) is 58.4 Å². The lowest BCUT2D eigenvalue weighted by Gasteiger charge is -2.33. The molecule has 0 aromatic rings. The van der Waals surface area contributed by atoms with Crippen LogP contribution in [0, 0.1) is 0 Å². The van der Waals surface area contributed by atoms with Gasteiger partial charge in [-0.1, -0.05) is 6.92 Å². The van der Waals surface area contributed by atoms with Crippen LogP contribution >= 0.6 is 0 Å². The maximum Gasteiger partial charge on any atom is 0.221 e. The van der Waals surface area contributed by atoms with Gasteiger partial charge in [0.05, 0.1) is 0 Å². The summed E-state index contributed by atoms with van der Waals surface area (Å²) < 4.78 is 0. The van der Waals surface area contributed by atoms with E-state index in [9.17, 15) is 4.79 Å². The van der Waals surface area contributed by atoms with Crippen LogP contribution in [0.5, 0.6) is 0 Å². The van der Waals surface area contributed by atoms with Crippen LogP contribution in [0.25, 0.3) is 0 Å². The first kappa shape index (κ1) is 15.4. The lowest BCUT2D eigenvalue weighted by molar-refractivity contribution is -0.122. The Kier molecular flexibility index (Phi) is 7.34. The van der Waals surface area contributed by atoms with Gasteiger partial charge in [0.1, 0.15) is 0 Å². The van der Waals surface area contributed by atoms with E-state index in [2.05, 4.69) is 31.0 Å². The predicted octanol–water partition coefficient (Wildman–Crippen LogP) is 0.959. The van der Waals surface area contributed by atoms with E-state index in [0.717, 1.165) is 6.54 Å². The van der Waals surface area contributed by atoms with Crippen LogP contribution in [-0.4, -0.2) is 42.0 Å². The number of hydrogen-bond donors (Lipinski definition) is 2. The molecule has 0 fully saturated rings. The average Bonchev–Trinajstić information content (AvgIpc) is 2.15. The normalized spacial score (nSPS) is 13.6. The minimum Gasteiger partial charge on any atom is -0.354 e. The third-order valence-electron chi connectivity index (χ3n) is 2.64. The second-order valence-electron chi connectivity index (χ2n) is 4.74. The highest BCUT2D eigenvalue weighted by Crippen LogP contribution is 2.08. The summed E-state index contributed by atoms with van der Waals surface area (Å²) in [5.41, 5.74) is 5.74. The van der Waals surface area contributed by atoms with Crippen LogP contribution < -0.4 is 11.1 Å². The summed E-state index contributed by atoms with van der Waals surface area (Å²) in [5.74, 6) is 0.0875. The molecule has 0 rings (SSSR count). The van der Waals surface area contributed by atoms with E-state index in [-0.39, 0.29) is 18.0 Å². The van der Waals surface area contributed by atoms with Crippen molar-refractivity contribution in [3.05, 3.63) is 0 Å². The molecule has 1 amide bonds. The molecule has 4 nitrogen and oxygen atoms in total. The molecule has 0 aromatic carbocycles. The molecule has 0 aliphatic heterocycles. The van der Waals surface area contributed by atoms with E-state index in [1.54, 1.807) is 0 Å². The van der Waals surface area contributed by atoms with Crippen LogP contribution in [0.15, 0.2) is 0 Å². The Morgan fingerprint density at radius 3 is 2.19 bits per heavy atom. The van der Waals surface area contributed by atoms with Crippen molar-refractivity contribution in [2.75, 3.05) is 13.1 Å². The molecule has 1 atom stereocenters. The van der Waals surface area contributed by atoms with Gasteiger partial charge in [-0.2, -0.15) is 0 Å². The summed E-state index contributed by atoms with van der Waals surface area (Å²) in [6.07, 6.45) is 0.487. The summed E-state index contributed by atoms with van der Waals surface area (Å²) in [5, 5.41) is 2.90. The standard InChI is InChI=1S/C12H27N3O/c1-6-15(10(4)5)11(8-13)7-12(16)14-9(2)3/h9-11H,6-8,13H2,1-5H3,(H,14,16). The van der Waals surface area contributed by atoms with Gasteiger partial charge >= 0.3 is 0 Å². The smallest absolute Gasteiger partial charge is 0.221 e. The molecule has 1 unspecified atom stereocenters. The van der Waals surface area contributed by atoms with Crippen LogP contribution in [0.3, 0.4) is 0 Å². The minimum absolute atomic E-state index is 0.0875. The molecule has 0 aromatic heterocycles. The lowest BCUT2D eigenvalue weighted by atomic mass is 10.1. The first-order valence-electron chi connectivity index (χ1n) is 6.17. The number of carbonyl (C=O) groups is 1. The Morgan fingerprint density at radius 1 is 1.31 bits per heavy atom. The molecule has 0 aliphatic carbocycles. The second kappa shape index (κ2) is 7.63. The number of nitrogens with one attached hydrogen (secondary N) is 1. The minimum atomic E-state index is 0.0875. The van der Waals surface area contributed by atoms with Crippen molar-refractivity contribution in [3.8, 4) is 0 Å². The Balaban J connectivity index is 4.32. The van der Waals surface area contributed by atoms with Gasteiger partial charge in [0, 0.05) is 31.1 Å². The number of carbonyl (C=O) groups excluding carboxylic acids is 1. The summed E-state index contributed by atoms with van der Waals surface area (Å²) in [4.78, 5) is 13.9. The van der Waals surface area contributed by atoms with Gasteiger partial charge in [0.15, 0.2) is 0 Å². The predicted molar refractivity (Wildman–Crippen MR) is 68.3 cm³/mol. The number of nitrogens with zero attached hydrogens (tertiary/aromatic N) is 1. The summed E-state index contributed by atoms with van der Waals surface area (Å²) in [6, 6.07) is 0.759. The quantitative estimate of drug-likeness (QED) is 0.683. The highest BCUT2D eigenvalue weighted by Gasteiger charge is 2.21. The molecule has 3 N–H and O–H groups in total. The molecule has 0 radical (unpaired) electrons. The Labute approximate surface area is 99.6 Å². The molecule has 0 saturated carbocycles. The lowest BCUT2D eigenvalue weighted by Crippen LogP contribution is -2.47. The van der Waals surface area contributed by atoms with Crippen molar-refractivity contribution in [1.29, 1.82) is 0 Å². The molecule has 0 heterocycles. The molecule has 0 spiro atoms. The van der Waals surface area contributed by atoms with Gasteiger partial charge in [-0.05, 0) is 34.2 Å². The molecular weight excluding hydrogens is 202 g/mol. The van der Waals surface area contributed by atoms with Crippen molar-refractivity contribution < 1.29 is 4.79 Å². The number of likely N-dealkylation sites (N-methyl/N-ethyl adjacent to an activating group) is 1. The van der Waals surface area contributed by atoms with Crippen molar-refractivity contribution in [2.24, 2.45) is 5.73 Å². The zero-order chi connectivity index (χ0) is 12.7. The Bertz CT molecular complexity index is 204. The van der Waals surface area contributed by atoms with Gasteiger partial charge in [-0.25, -0.2) is 0 Å². The average molecular weight is 229 g/mol. The molecular formula is C12H27N3O. The van der Waals surface area contributed by atoms with E-state index in [0.29, 0.717) is 19.0 Å². The fourth-order valence-electron chi connectivity index (χ4n) is 1.98. The third-order valence-corrected chi connectivity index (χ3v) is 2.64. The summed E-state index contributed by atoms with van der Waals surface area (Å²) in [6.45, 7) is 11.7. The largest absolute Gasteiger partial charge is 0.354 e. The second-order valence-corrected chi connectivity index (χ2v) is 4.74. The number of amides is 1. The van der Waals surface area contributed by atoms with E-state index in [4.69, 9.17) is 5.73 Å². The first-order chi connectivity index (χ1) is 7.42. The molecule has 0 bridgehead atoms. The molecule has 96 valence electrons. The Morgan fingerprint density at radius 2 is 1.88 bits per heavy atom. The van der Waals surface area contributed by atoms with Gasteiger partial charge < -0.3 is 11.1 Å². The van der Waals surface area contributed by atoms with Crippen molar-refractivity contribution in [3.63, 3.8) is 0 Å². The highest BCUT2D eigenvalue weighted by atomic mass is 16.1. The van der Waals surface area contributed by atoms with Crippen molar-refractivity contribution >= 4 is 5.91 Å². The zero-order valence-electron chi connectivity index (χ0n) is 11.3. The molecule has 0 aliphatic rings. The third kappa shape index (κ3) is 5.47. The van der Waals surface area contributed by atoms with Gasteiger partial charge in [0.25, 0.3) is 0 Å². The summed E-state index contributed by atoms with van der Waals surface area (Å²) in [7, 11) is 0. The van der Waals surface area contributed by atoms with E-state index < -0.39 is 0 Å². The SMILES string of the molecule is CCN(C(C)C)C(CN)CC(=O)NC(C)C. The Hall–Kier alpha value is -0.610. The van der Waals surface area contributed by atoms with E-state index in [1.807, 2.05) is 13.8 Å². The van der Waals surface area contributed by atoms with Crippen molar-refractivity contribution in [2.45, 2.75) is 59.2 Å². The monoisotopic (exact) mass is 229 g/mol. The van der Waals surface area contributed by atoms with E-state index >= 15 is 0 Å². The van der Waals surface area contributed by atoms with Crippen LogP contribution in [0.4, 0.5) is 0 Å². The fraction of sp³-hybridized carbons (Fsp3) is 0.917. The van der Waals surface area contributed by atoms with Crippen LogP contribution in [0.2, 0.25) is 0 Å². The van der Waals surface area contributed by atoms with Gasteiger partial charge in [-0.15, -0.1) is 0 Å². The number of nitrogens with two attached hydrogens (primary N) is 1. The number of rotatable bonds is 7.